The van der Waals surface area contributed by atoms with Crippen molar-refractivity contribution in [1.82, 2.24) is 0 Å². The first-order valence-corrected chi connectivity index (χ1v) is 12.2. The Morgan fingerprint density at radius 2 is 1.03 bits per heavy atom. The molecule has 0 aliphatic heterocycles. The fourth-order valence-corrected chi connectivity index (χ4v) is 3.36. The van der Waals surface area contributed by atoms with Crippen LogP contribution < -0.4 is 9.47 Å². The molecule has 0 aliphatic rings. The molecule has 3 aromatic rings. The molecule has 0 radical (unpaired) electrons. The Morgan fingerprint density at radius 1 is 0.629 bits per heavy atom. The maximum atomic E-state index is 12.3. The van der Waals surface area contributed by atoms with E-state index < -0.39 is 10.8 Å². The number of benzene rings is 3. The van der Waals surface area contributed by atoms with E-state index >= 15 is 0 Å². The van der Waals surface area contributed by atoms with Crippen LogP contribution in [0, 0.1) is 17.8 Å². The van der Waals surface area contributed by atoms with Gasteiger partial charge in [-0.15, -0.1) is 0 Å². The minimum Gasteiger partial charge on any atom is -0.426 e. The van der Waals surface area contributed by atoms with Gasteiger partial charge in [0.2, 0.25) is 0 Å². The molecule has 3 aromatic carbocycles. The number of ether oxygens (including phenoxy) is 2. The van der Waals surface area contributed by atoms with E-state index in [9.17, 15) is 9.59 Å². The highest BCUT2D eigenvalue weighted by atomic mass is 16.5. The molecule has 0 bridgehead atoms. The molecule has 0 saturated carbocycles. The molecule has 4 nitrogen and oxygen atoms in total. The molecule has 0 amide bonds. The van der Waals surface area contributed by atoms with Crippen LogP contribution in [-0.4, -0.2) is 11.9 Å². The third-order valence-electron chi connectivity index (χ3n) is 6.87. The quantitative estimate of drug-likeness (QED) is 0.246. The Labute approximate surface area is 209 Å². The molecule has 0 N–H and O–H groups in total. The summed E-state index contributed by atoms with van der Waals surface area (Å²) < 4.78 is 11.1. The van der Waals surface area contributed by atoms with Crippen molar-refractivity contribution in [2.45, 2.75) is 61.3 Å². The highest BCUT2D eigenvalue weighted by Crippen LogP contribution is 2.32. The first-order valence-electron chi connectivity index (χ1n) is 12.2. The Hall–Kier alpha value is -3.40. The third-order valence-corrected chi connectivity index (χ3v) is 6.87. The molecule has 184 valence electrons. The van der Waals surface area contributed by atoms with Crippen molar-refractivity contribution in [2.24, 2.45) is 10.8 Å². The van der Waals surface area contributed by atoms with Crippen LogP contribution in [0.3, 0.4) is 0 Å². The van der Waals surface area contributed by atoms with Crippen molar-refractivity contribution in [3.63, 3.8) is 0 Å². The smallest absolute Gasteiger partial charge is 0.316 e. The van der Waals surface area contributed by atoms with Gasteiger partial charge in [-0.25, -0.2) is 0 Å². The van der Waals surface area contributed by atoms with Crippen molar-refractivity contribution >= 4 is 11.9 Å². The topological polar surface area (TPSA) is 52.6 Å². The largest absolute Gasteiger partial charge is 0.426 e. The van der Waals surface area contributed by atoms with E-state index in [4.69, 9.17) is 9.47 Å². The molecular weight excluding hydrogens is 436 g/mol. The highest BCUT2D eigenvalue weighted by molar-refractivity contribution is 5.80. The highest BCUT2D eigenvalue weighted by Gasteiger charge is 2.28. The molecule has 0 heterocycles. The Morgan fingerprint density at radius 3 is 1.43 bits per heavy atom. The molecule has 0 unspecified atom stereocenters. The summed E-state index contributed by atoms with van der Waals surface area (Å²) in [6, 6.07) is 21.6. The fourth-order valence-electron chi connectivity index (χ4n) is 3.36. The van der Waals surface area contributed by atoms with Gasteiger partial charge in [-0.3, -0.25) is 9.59 Å². The van der Waals surface area contributed by atoms with Gasteiger partial charge < -0.3 is 9.47 Å². The summed E-state index contributed by atoms with van der Waals surface area (Å²) in [6.07, 6.45) is 1.45. The Bertz CT molecular complexity index is 1190. The lowest BCUT2D eigenvalue weighted by molar-refractivity contribution is -0.144. The van der Waals surface area contributed by atoms with Gasteiger partial charge in [0.15, 0.2) is 0 Å². The maximum Gasteiger partial charge on any atom is 0.316 e. The standard InChI is InChI=1S/C31H36O4/c1-8-30(4,5)28(32)34-25-15-10-22(11-16-25)24-14-19-27(21(3)20-24)23-12-17-26(18-13-23)35-29(33)31(6,7)9-2/h10-20H,8-9H2,1-7H3. The SMILES string of the molecule is CCC(C)(C)C(=O)Oc1ccc(-c2ccc(-c3ccc(OC(=O)C(C)(C)CC)cc3)c(C)c2)cc1. The summed E-state index contributed by atoms with van der Waals surface area (Å²) in [5, 5.41) is 0. The van der Waals surface area contributed by atoms with E-state index in [-0.39, 0.29) is 11.9 Å². The number of hydrogen-bond donors (Lipinski definition) is 0. The van der Waals surface area contributed by atoms with Crippen LogP contribution in [0.2, 0.25) is 0 Å². The molecule has 35 heavy (non-hydrogen) atoms. The predicted molar refractivity (Wildman–Crippen MR) is 141 cm³/mol. The van der Waals surface area contributed by atoms with Gasteiger partial charge in [-0.05, 0) is 99.5 Å². The van der Waals surface area contributed by atoms with Gasteiger partial charge in [0.05, 0.1) is 10.8 Å². The van der Waals surface area contributed by atoms with Crippen LogP contribution >= 0.6 is 0 Å². The minimum absolute atomic E-state index is 0.219. The summed E-state index contributed by atoms with van der Waals surface area (Å²) in [7, 11) is 0. The Balaban J connectivity index is 1.73. The number of hydrogen-bond acceptors (Lipinski definition) is 4. The monoisotopic (exact) mass is 472 g/mol. The van der Waals surface area contributed by atoms with Crippen molar-refractivity contribution in [1.29, 1.82) is 0 Å². The second-order valence-corrected chi connectivity index (χ2v) is 10.3. The number of carbonyl (C=O) groups excluding carboxylic acids is 2. The molecule has 0 spiro atoms. The lowest BCUT2D eigenvalue weighted by Crippen LogP contribution is -2.28. The number of carbonyl (C=O) groups is 2. The molecule has 0 fully saturated rings. The first kappa shape index (κ1) is 26.2. The Kier molecular flexibility index (Phi) is 7.84. The van der Waals surface area contributed by atoms with Gasteiger partial charge >= 0.3 is 11.9 Å². The van der Waals surface area contributed by atoms with Gasteiger partial charge in [0.1, 0.15) is 11.5 Å². The summed E-state index contributed by atoms with van der Waals surface area (Å²) in [4.78, 5) is 24.7. The first-order chi connectivity index (χ1) is 16.5. The zero-order chi connectivity index (χ0) is 25.8. The second-order valence-electron chi connectivity index (χ2n) is 10.3. The molecule has 0 aliphatic carbocycles. The van der Waals surface area contributed by atoms with Gasteiger partial charge in [0, 0.05) is 0 Å². The number of rotatable bonds is 8. The zero-order valence-corrected chi connectivity index (χ0v) is 21.9. The fraction of sp³-hybridized carbons (Fsp3) is 0.355. The minimum atomic E-state index is -0.503. The molecule has 4 heteroatoms. The van der Waals surface area contributed by atoms with Crippen molar-refractivity contribution in [3.05, 3.63) is 72.3 Å². The van der Waals surface area contributed by atoms with Crippen LogP contribution in [0.4, 0.5) is 0 Å². The van der Waals surface area contributed by atoms with Crippen molar-refractivity contribution < 1.29 is 19.1 Å². The van der Waals surface area contributed by atoms with Crippen LogP contribution in [0.15, 0.2) is 66.7 Å². The van der Waals surface area contributed by atoms with Crippen LogP contribution in [0.1, 0.15) is 59.9 Å². The van der Waals surface area contributed by atoms with Crippen LogP contribution in [-0.2, 0) is 9.59 Å². The molecule has 0 saturated heterocycles. The van der Waals surface area contributed by atoms with Crippen LogP contribution in [0.5, 0.6) is 11.5 Å². The van der Waals surface area contributed by atoms with Gasteiger partial charge in [0.25, 0.3) is 0 Å². The summed E-state index contributed by atoms with van der Waals surface area (Å²) >= 11 is 0. The molecule has 0 atom stereocenters. The lowest BCUT2D eigenvalue weighted by Gasteiger charge is -2.20. The van der Waals surface area contributed by atoms with Crippen LogP contribution in [0.25, 0.3) is 22.3 Å². The number of esters is 2. The van der Waals surface area contributed by atoms with E-state index in [1.165, 1.54) is 0 Å². The van der Waals surface area contributed by atoms with E-state index in [2.05, 4.69) is 25.1 Å². The normalized spacial score (nSPS) is 11.7. The van der Waals surface area contributed by atoms with Gasteiger partial charge in [-0.1, -0.05) is 56.3 Å². The molecule has 3 rings (SSSR count). The van der Waals surface area contributed by atoms with Crippen molar-refractivity contribution in [3.8, 4) is 33.8 Å². The van der Waals surface area contributed by atoms with E-state index in [1.807, 2.05) is 90.1 Å². The summed E-state index contributed by atoms with van der Waals surface area (Å²) in [5.74, 6) is 0.667. The van der Waals surface area contributed by atoms with Crippen molar-refractivity contribution in [2.75, 3.05) is 0 Å². The summed E-state index contributed by atoms with van der Waals surface area (Å²) in [6.45, 7) is 13.6. The van der Waals surface area contributed by atoms with Gasteiger partial charge in [-0.2, -0.15) is 0 Å². The second kappa shape index (κ2) is 10.5. The third kappa shape index (κ3) is 6.19. The van der Waals surface area contributed by atoms with E-state index in [0.717, 1.165) is 40.7 Å². The number of aryl methyl sites for hydroxylation is 1. The zero-order valence-electron chi connectivity index (χ0n) is 21.9. The predicted octanol–water partition coefficient (Wildman–Crippen LogP) is 8.01. The van der Waals surface area contributed by atoms with E-state index in [0.29, 0.717) is 11.5 Å². The molecular formula is C31H36O4. The average Bonchev–Trinajstić information content (AvgIpc) is 2.85. The summed E-state index contributed by atoms with van der Waals surface area (Å²) in [5.41, 5.74) is 4.45. The lowest BCUT2D eigenvalue weighted by atomic mass is 9.90. The maximum absolute atomic E-state index is 12.3. The average molecular weight is 473 g/mol. The molecule has 0 aromatic heterocycles. The van der Waals surface area contributed by atoms with E-state index in [1.54, 1.807) is 0 Å².